The van der Waals surface area contributed by atoms with Crippen LogP contribution in [-0.2, 0) is 0 Å². The fourth-order valence-electron chi connectivity index (χ4n) is 1.73. The number of thiophene rings is 1. The number of benzene rings is 1. The molecule has 5 heteroatoms. The first-order valence-electron chi connectivity index (χ1n) is 4.96. The molecule has 1 aromatic heterocycles. The predicted octanol–water partition coefficient (Wildman–Crippen LogP) is 5.17. The highest BCUT2D eigenvalue weighted by Crippen LogP contribution is 2.37. The van der Waals surface area contributed by atoms with Crippen molar-refractivity contribution in [3.05, 3.63) is 54.1 Å². The second kappa shape index (κ2) is 5.29. The van der Waals surface area contributed by atoms with Gasteiger partial charge in [0.05, 0.1) is 9.83 Å². The van der Waals surface area contributed by atoms with Crippen molar-refractivity contribution >= 4 is 50.5 Å². The van der Waals surface area contributed by atoms with Crippen LogP contribution in [0.5, 0.6) is 0 Å². The third-order valence-corrected chi connectivity index (χ3v) is 4.80. The molecule has 0 aliphatic carbocycles. The SMILES string of the molecule is Cc1sc(Br)cc1C(N)c1c(Cl)cccc1Cl. The maximum Gasteiger partial charge on any atom is 0.0704 e. The second-order valence-electron chi connectivity index (χ2n) is 3.68. The van der Waals surface area contributed by atoms with E-state index >= 15 is 0 Å². The highest BCUT2D eigenvalue weighted by atomic mass is 79.9. The van der Waals surface area contributed by atoms with Crippen LogP contribution in [0.4, 0.5) is 0 Å². The lowest BCUT2D eigenvalue weighted by Crippen LogP contribution is -2.13. The molecule has 1 atom stereocenters. The first-order chi connectivity index (χ1) is 8.00. The number of halogens is 3. The minimum Gasteiger partial charge on any atom is -0.320 e. The van der Waals surface area contributed by atoms with Crippen molar-refractivity contribution in [2.75, 3.05) is 0 Å². The highest BCUT2D eigenvalue weighted by Gasteiger charge is 2.19. The Balaban J connectivity index is 2.51. The van der Waals surface area contributed by atoms with Crippen molar-refractivity contribution in [2.45, 2.75) is 13.0 Å². The minimum absolute atomic E-state index is 0.293. The zero-order valence-corrected chi connectivity index (χ0v) is 12.9. The molecule has 1 nitrogen and oxygen atoms in total. The lowest BCUT2D eigenvalue weighted by molar-refractivity contribution is 0.869. The van der Waals surface area contributed by atoms with E-state index in [0.717, 1.165) is 14.9 Å². The molecule has 90 valence electrons. The molecular weight excluding hydrogens is 341 g/mol. The molecule has 0 saturated heterocycles. The third-order valence-electron chi connectivity index (χ3n) is 2.57. The molecule has 1 aromatic carbocycles. The fourth-order valence-corrected chi connectivity index (χ4v) is 4.12. The average molecular weight is 351 g/mol. The maximum absolute atomic E-state index is 6.25. The molecule has 0 radical (unpaired) electrons. The van der Waals surface area contributed by atoms with E-state index in [1.54, 1.807) is 23.5 Å². The largest absolute Gasteiger partial charge is 0.320 e. The van der Waals surface area contributed by atoms with E-state index in [9.17, 15) is 0 Å². The van der Waals surface area contributed by atoms with Gasteiger partial charge in [-0.2, -0.15) is 0 Å². The minimum atomic E-state index is -0.293. The molecule has 0 fully saturated rings. The van der Waals surface area contributed by atoms with Gasteiger partial charge in [0.25, 0.3) is 0 Å². The van der Waals surface area contributed by atoms with Crippen LogP contribution in [0.3, 0.4) is 0 Å². The van der Waals surface area contributed by atoms with Gasteiger partial charge in [-0.05, 0) is 46.6 Å². The zero-order valence-electron chi connectivity index (χ0n) is 9.01. The monoisotopic (exact) mass is 349 g/mol. The molecule has 0 spiro atoms. The number of hydrogen-bond acceptors (Lipinski definition) is 2. The van der Waals surface area contributed by atoms with Crippen LogP contribution in [-0.4, -0.2) is 0 Å². The lowest BCUT2D eigenvalue weighted by atomic mass is 10.0. The van der Waals surface area contributed by atoms with Crippen molar-refractivity contribution < 1.29 is 0 Å². The smallest absolute Gasteiger partial charge is 0.0704 e. The summed E-state index contributed by atoms with van der Waals surface area (Å²) < 4.78 is 1.06. The zero-order chi connectivity index (χ0) is 12.6. The standard InChI is InChI=1S/C12H10BrCl2NS/c1-6-7(5-10(13)17-6)12(16)11-8(14)3-2-4-9(11)15/h2-5,12H,16H2,1H3. The van der Waals surface area contributed by atoms with E-state index in [2.05, 4.69) is 15.9 Å². The number of aryl methyl sites for hydroxylation is 1. The summed E-state index contributed by atoms with van der Waals surface area (Å²) in [5.41, 5.74) is 8.08. The van der Waals surface area contributed by atoms with Gasteiger partial charge in [0.2, 0.25) is 0 Å². The average Bonchev–Trinajstić information content (AvgIpc) is 2.57. The van der Waals surface area contributed by atoms with Gasteiger partial charge in [-0.15, -0.1) is 11.3 Å². The normalized spacial score (nSPS) is 12.8. The van der Waals surface area contributed by atoms with Crippen molar-refractivity contribution in [1.82, 2.24) is 0 Å². The summed E-state index contributed by atoms with van der Waals surface area (Å²) in [5.74, 6) is 0. The van der Waals surface area contributed by atoms with E-state index in [4.69, 9.17) is 28.9 Å². The summed E-state index contributed by atoms with van der Waals surface area (Å²) in [4.78, 5) is 1.17. The third kappa shape index (κ3) is 2.69. The molecule has 1 unspecified atom stereocenters. The second-order valence-corrected chi connectivity index (χ2v) is 7.13. The first kappa shape index (κ1) is 13.4. The topological polar surface area (TPSA) is 26.0 Å². The van der Waals surface area contributed by atoms with E-state index in [1.165, 1.54) is 4.88 Å². The van der Waals surface area contributed by atoms with Crippen LogP contribution < -0.4 is 5.73 Å². The Labute approximate surface area is 123 Å². The Bertz CT molecular complexity index is 533. The lowest BCUT2D eigenvalue weighted by Gasteiger charge is -2.15. The van der Waals surface area contributed by atoms with Gasteiger partial charge < -0.3 is 5.73 Å². The van der Waals surface area contributed by atoms with Crippen molar-refractivity contribution in [1.29, 1.82) is 0 Å². The number of rotatable bonds is 2. The van der Waals surface area contributed by atoms with Crippen LogP contribution in [0, 0.1) is 6.92 Å². The predicted molar refractivity (Wildman–Crippen MR) is 79.2 cm³/mol. The van der Waals surface area contributed by atoms with Crippen LogP contribution >= 0.6 is 50.5 Å². The summed E-state index contributed by atoms with van der Waals surface area (Å²) in [7, 11) is 0. The van der Waals surface area contributed by atoms with Gasteiger partial charge in [0.15, 0.2) is 0 Å². The highest BCUT2D eigenvalue weighted by molar-refractivity contribution is 9.11. The van der Waals surface area contributed by atoms with E-state index in [0.29, 0.717) is 10.0 Å². The Morgan fingerprint density at radius 2 is 1.88 bits per heavy atom. The maximum atomic E-state index is 6.25. The summed E-state index contributed by atoms with van der Waals surface area (Å²) in [6.07, 6.45) is 0. The Morgan fingerprint density at radius 1 is 1.29 bits per heavy atom. The molecule has 2 N–H and O–H groups in total. The van der Waals surface area contributed by atoms with Crippen LogP contribution in [0.1, 0.15) is 22.0 Å². The molecule has 2 rings (SSSR count). The van der Waals surface area contributed by atoms with Crippen molar-refractivity contribution in [2.24, 2.45) is 5.73 Å². The van der Waals surface area contributed by atoms with E-state index in [-0.39, 0.29) is 6.04 Å². The fraction of sp³-hybridized carbons (Fsp3) is 0.167. The summed E-state index contributed by atoms with van der Waals surface area (Å²) >= 11 is 17.4. The molecule has 0 amide bonds. The molecule has 1 heterocycles. The van der Waals surface area contributed by atoms with Crippen LogP contribution in [0.15, 0.2) is 28.1 Å². The molecule has 2 aromatic rings. The molecule has 0 bridgehead atoms. The van der Waals surface area contributed by atoms with Gasteiger partial charge in [-0.3, -0.25) is 0 Å². The molecule has 0 saturated carbocycles. The Kier molecular flexibility index (Phi) is 4.16. The van der Waals surface area contributed by atoms with Crippen LogP contribution in [0.2, 0.25) is 10.0 Å². The summed E-state index contributed by atoms with van der Waals surface area (Å²) in [6, 6.07) is 7.15. The first-order valence-corrected chi connectivity index (χ1v) is 7.32. The molecular formula is C12H10BrCl2NS. The Hall–Kier alpha value is -0.0600. The Morgan fingerprint density at radius 3 is 2.35 bits per heavy atom. The molecule has 0 aliphatic heterocycles. The van der Waals surface area contributed by atoms with Gasteiger partial charge in [-0.1, -0.05) is 29.3 Å². The van der Waals surface area contributed by atoms with Crippen molar-refractivity contribution in [3.8, 4) is 0 Å². The van der Waals surface area contributed by atoms with E-state index < -0.39 is 0 Å². The molecule has 17 heavy (non-hydrogen) atoms. The quantitative estimate of drug-likeness (QED) is 0.793. The van der Waals surface area contributed by atoms with Gasteiger partial charge in [-0.25, -0.2) is 0 Å². The van der Waals surface area contributed by atoms with Crippen LogP contribution in [0.25, 0.3) is 0 Å². The number of nitrogens with two attached hydrogens (primary N) is 1. The van der Waals surface area contributed by atoms with Gasteiger partial charge in [0, 0.05) is 20.5 Å². The molecule has 0 aliphatic rings. The van der Waals surface area contributed by atoms with Gasteiger partial charge >= 0.3 is 0 Å². The van der Waals surface area contributed by atoms with Crippen molar-refractivity contribution in [3.63, 3.8) is 0 Å². The summed E-state index contributed by atoms with van der Waals surface area (Å²) in [6.45, 7) is 2.04. The van der Waals surface area contributed by atoms with E-state index in [1.807, 2.05) is 19.1 Å². The van der Waals surface area contributed by atoms with Gasteiger partial charge in [0.1, 0.15) is 0 Å². The summed E-state index contributed by atoms with van der Waals surface area (Å²) in [5, 5.41) is 1.21. The number of hydrogen-bond donors (Lipinski definition) is 1.